The Bertz CT molecular complexity index is 1440. The summed E-state index contributed by atoms with van der Waals surface area (Å²) in [6, 6.07) is 22.6. The molecular formula is C24H17N5O7. The number of phenolic OH excluding ortho intramolecular Hbond substituents is 1. The number of hydrazine groups is 1. The highest BCUT2D eigenvalue weighted by atomic mass is 16.6. The fourth-order valence-corrected chi connectivity index (χ4v) is 3.72. The van der Waals surface area contributed by atoms with E-state index in [1.807, 2.05) is 36.4 Å². The molecule has 4 rings (SSSR count). The Kier molecular flexibility index (Phi) is 6.41. The number of hydrogen-bond donors (Lipinski definition) is 3. The van der Waals surface area contributed by atoms with Crippen LogP contribution in [-0.2, 0) is 0 Å². The number of non-ortho nitro benzene ring substituents is 1. The Balaban J connectivity index is 1.88. The van der Waals surface area contributed by atoms with E-state index in [2.05, 4.69) is 10.9 Å². The quantitative estimate of drug-likeness (QED) is 0.155. The predicted molar refractivity (Wildman–Crippen MR) is 133 cm³/mol. The van der Waals surface area contributed by atoms with E-state index in [9.17, 15) is 35.4 Å². The fraction of sp³-hybridized carbons (Fsp3) is 0. The molecule has 0 atom stereocenters. The monoisotopic (exact) mass is 487 g/mol. The number of nitro benzene ring substituents is 3. The minimum atomic E-state index is -0.970. The van der Waals surface area contributed by atoms with Crippen LogP contribution >= 0.6 is 0 Å². The van der Waals surface area contributed by atoms with Gasteiger partial charge >= 0.3 is 11.4 Å². The lowest BCUT2D eigenvalue weighted by Gasteiger charge is -2.19. The smallest absolute Gasteiger partial charge is 0.308 e. The van der Waals surface area contributed by atoms with E-state index in [0.717, 1.165) is 5.56 Å². The van der Waals surface area contributed by atoms with Crippen molar-refractivity contribution in [3.63, 3.8) is 0 Å². The molecule has 0 spiro atoms. The summed E-state index contributed by atoms with van der Waals surface area (Å²) in [5, 5.41) is 45.1. The largest absolute Gasteiger partial charge is 0.506 e. The summed E-state index contributed by atoms with van der Waals surface area (Å²) in [5.74, 6) is -0.242. The number of nitro groups is 3. The summed E-state index contributed by atoms with van der Waals surface area (Å²) in [6.07, 6.45) is 0. The van der Waals surface area contributed by atoms with Crippen molar-refractivity contribution < 1.29 is 19.9 Å². The molecule has 0 saturated heterocycles. The summed E-state index contributed by atoms with van der Waals surface area (Å²) >= 11 is 0. The fourth-order valence-electron chi connectivity index (χ4n) is 3.72. The van der Waals surface area contributed by atoms with Gasteiger partial charge in [0.15, 0.2) is 0 Å². The first-order valence-corrected chi connectivity index (χ1v) is 10.4. The van der Waals surface area contributed by atoms with Crippen molar-refractivity contribution in [2.24, 2.45) is 0 Å². The SMILES string of the molecule is O=[N+]([O-])c1cc([N+](=O)[O-])c(NNc2c(O)ccc(-c3ccccc3)c2-c2ccccc2)c([N+](=O)[O-])c1. The van der Waals surface area contributed by atoms with Crippen molar-refractivity contribution >= 4 is 28.4 Å². The van der Waals surface area contributed by atoms with Crippen molar-refractivity contribution in [2.45, 2.75) is 0 Å². The number of nitrogens with one attached hydrogen (secondary N) is 2. The number of anilines is 2. The van der Waals surface area contributed by atoms with Crippen LogP contribution in [0.5, 0.6) is 5.75 Å². The highest BCUT2D eigenvalue weighted by molar-refractivity contribution is 5.95. The molecule has 0 aromatic heterocycles. The van der Waals surface area contributed by atoms with Crippen LogP contribution in [0, 0.1) is 30.3 Å². The lowest BCUT2D eigenvalue weighted by molar-refractivity contribution is -0.401. The number of rotatable bonds is 8. The van der Waals surface area contributed by atoms with E-state index in [4.69, 9.17) is 0 Å². The Morgan fingerprint density at radius 1 is 0.611 bits per heavy atom. The van der Waals surface area contributed by atoms with Gasteiger partial charge in [-0.05, 0) is 28.8 Å². The second kappa shape index (κ2) is 9.77. The van der Waals surface area contributed by atoms with Crippen LogP contribution in [0.4, 0.5) is 28.4 Å². The van der Waals surface area contributed by atoms with Gasteiger partial charge in [0.2, 0.25) is 5.69 Å². The molecule has 180 valence electrons. The van der Waals surface area contributed by atoms with Crippen LogP contribution in [0.3, 0.4) is 0 Å². The summed E-state index contributed by atoms with van der Waals surface area (Å²) < 4.78 is 0. The minimum Gasteiger partial charge on any atom is -0.506 e. The van der Waals surface area contributed by atoms with Gasteiger partial charge in [-0.3, -0.25) is 41.2 Å². The summed E-state index contributed by atoms with van der Waals surface area (Å²) in [4.78, 5) is 31.5. The average molecular weight is 487 g/mol. The summed E-state index contributed by atoms with van der Waals surface area (Å²) in [7, 11) is 0. The zero-order chi connectivity index (χ0) is 25.8. The van der Waals surface area contributed by atoms with E-state index in [1.54, 1.807) is 30.3 Å². The van der Waals surface area contributed by atoms with Crippen LogP contribution in [0.2, 0.25) is 0 Å². The van der Waals surface area contributed by atoms with Gasteiger partial charge in [0, 0.05) is 5.56 Å². The number of benzene rings is 4. The van der Waals surface area contributed by atoms with Crippen molar-refractivity contribution in [1.82, 2.24) is 0 Å². The first-order chi connectivity index (χ1) is 17.3. The maximum atomic E-state index is 11.6. The lowest BCUT2D eigenvalue weighted by atomic mass is 9.92. The third kappa shape index (κ3) is 4.59. The van der Waals surface area contributed by atoms with E-state index in [-0.39, 0.29) is 11.4 Å². The molecule has 12 nitrogen and oxygen atoms in total. The molecule has 0 unspecified atom stereocenters. The highest BCUT2D eigenvalue weighted by Crippen LogP contribution is 2.44. The van der Waals surface area contributed by atoms with Crippen LogP contribution in [0.1, 0.15) is 0 Å². The Morgan fingerprint density at radius 3 is 1.61 bits per heavy atom. The van der Waals surface area contributed by atoms with Gasteiger partial charge in [-0.15, -0.1) is 0 Å². The second-order valence-corrected chi connectivity index (χ2v) is 7.49. The number of nitrogens with zero attached hydrogens (tertiary/aromatic N) is 3. The first kappa shape index (κ1) is 23.6. The molecule has 0 amide bonds. The molecule has 0 aliphatic rings. The van der Waals surface area contributed by atoms with Gasteiger partial charge in [-0.2, -0.15) is 0 Å². The molecule has 0 fully saturated rings. The number of hydrogen-bond acceptors (Lipinski definition) is 9. The Morgan fingerprint density at radius 2 is 1.11 bits per heavy atom. The highest BCUT2D eigenvalue weighted by Gasteiger charge is 2.31. The maximum absolute atomic E-state index is 11.6. The van der Waals surface area contributed by atoms with Crippen molar-refractivity contribution in [2.75, 3.05) is 10.9 Å². The molecule has 0 heterocycles. The molecule has 0 aliphatic heterocycles. The lowest BCUT2D eigenvalue weighted by Crippen LogP contribution is -2.14. The van der Waals surface area contributed by atoms with Gasteiger partial charge in [0.05, 0.1) is 26.9 Å². The van der Waals surface area contributed by atoms with Gasteiger partial charge in [-0.1, -0.05) is 60.7 Å². The average Bonchev–Trinajstić information content (AvgIpc) is 2.88. The molecule has 4 aromatic carbocycles. The summed E-state index contributed by atoms with van der Waals surface area (Å²) in [5.41, 5.74) is 4.72. The molecular weight excluding hydrogens is 470 g/mol. The molecule has 12 heteroatoms. The molecule has 36 heavy (non-hydrogen) atoms. The zero-order valence-corrected chi connectivity index (χ0v) is 18.3. The Labute approximate surface area is 202 Å². The van der Waals surface area contributed by atoms with Gasteiger partial charge in [0.25, 0.3) is 5.69 Å². The molecule has 0 saturated carbocycles. The number of aromatic hydroxyl groups is 1. The van der Waals surface area contributed by atoms with E-state index >= 15 is 0 Å². The standard InChI is InChI=1S/C24H17N5O7/c30-21-12-11-18(15-7-3-1-4-8-15)22(16-9-5-2-6-10-16)24(21)26-25-23-19(28(33)34)13-17(27(31)32)14-20(23)29(35)36/h1-14,25-26,30H. The third-order valence-electron chi connectivity index (χ3n) is 5.33. The van der Waals surface area contributed by atoms with E-state index < -0.39 is 37.5 Å². The first-order valence-electron chi connectivity index (χ1n) is 10.4. The van der Waals surface area contributed by atoms with Crippen molar-refractivity contribution in [1.29, 1.82) is 0 Å². The summed E-state index contributed by atoms with van der Waals surface area (Å²) in [6.45, 7) is 0. The van der Waals surface area contributed by atoms with Crippen molar-refractivity contribution in [3.05, 3.63) is 115 Å². The van der Waals surface area contributed by atoms with Crippen molar-refractivity contribution in [3.8, 4) is 28.0 Å². The van der Waals surface area contributed by atoms with Gasteiger partial charge in [0.1, 0.15) is 11.4 Å². The van der Waals surface area contributed by atoms with Crippen LogP contribution in [0.15, 0.2) is 84.9 Å². The molecule has 4 aromatic rings. The Hall–Kier alpha value is -5.52. The van der Waals surface area contributed by atoms with Gasteiger partial charge < -0.3 is 5.11 Å². The minimum absolute atomic E-state index is 0.0875. The predicted octanol–water partition coefficient (Wildman–Crippen LogP) is 5.89. The molecule has 0 aliphatic carbocycles. The third-order valence-corrected chi connectivity index (χ3v) is 5.33. The molecule has 0 radical (unpaired) electrons. The van der Waals surface area contributed by atoms with Gasteiger partial charge in [-0.25, -0.2) is 0 Å². The molecule has 0 bridgehead atoms. The second-order valence-electron chi connectivity index (χ2n) is 7.49. The number of phenols is 1. The van der Waals surface area contributed by atoms with Crippen LogP contribution in [0.25, 0.3) is 22.3 Å². The zero-order valence-electron chi connectivity index (χ0n) is 18.3. The maximum Gasteiger partial charge on any atom is 0.308 e. The van der Waals surface area contributed by atoms with Crippen LogP contribution < -0.4 is 10.9 Å². The topological polar surface area (TPSA) is 174 Å². The van der Waals surface area contributed by atoms with Crippen LogP contribution in [-0.4, -0.2) is 19.9 Å². The van der Waals surface area contributed by atoms with E-state index in [0.29, 0.717) is 28.8 Å². The normalized spacial score (nSPS) is 10.4. The molecule has 3 N–H and O–H groups in total. The van der Waals surface area contributed by atoms with E-state index in [1.165, 1.54) is 6.07 Å².